The molecule has 0 saturated heterocycles. The molecule has 0 aromatic heterocycles. The van der Waals surface area contributed by atoms with Crippen LogP contribution in [-0.2, 0) is 9.53 Å². The summed E-state index contributed by atoms with van der Waals surface area (Å²) in [6, 6.07) is 4.98. The fraction of sp³-hybridized carbons (Fsp3) is 0.733. The van der Waals surface area contributed by atoms with Crippen molar-refractivity contribution in [2.45, 2.75) is 90.4 Å². The standard InChI is InChI=1S/C30H49N3O5/c1-21-18-33(22(2)20-34)30(36)26-17-25(31-29(35)24-12-7-6-8-13-24)14-15-27(26)38-23(3)11-9-10-16-37-28(21)19-32(4)5/h14-15,17,21-24,28,34H,6-13,16,18-20H2,1-5H3,(H,31,35)/t21-,22+,23+,28-/m0/s1. The molecule has 38 heavy (non-hydrogen) atoms. The van der Waals surface area contributed by atoms with Gasteiger partial charge in [0.25, 0.3) is 5.91 Å². The van der Waals surface area contributed by atoms with Gasteiger partial charge in [-0.1, -0.05) is 26.2 Å². The lowest BCUT2D eigenvalue weighted by molar-refractivity contribution is -0.120. The van der Waals surface area contributed by atoms with E-state index in [2.05, 4.69) is 17.1 Å². The zero-order chi connectivity index (χ0) is 27.7. The molecule has 1 aliphatic carbocycles. The van der Waals surface area contributed by atoms with Crippen LogP contribution in [0.15, 0.2) is 18.2 Å². The molecule has 2 amide bonds. The van der Waals surface area contributed by atoms with Crippen LogP contribution in [0.2, 0.25) is 0 Å². The first-order valence-corrected chi connectivity index (χ1v) is 14.5. The number of benzene rings is 1. The quantitative estimate of drug-likeness (QED) is 0.559. The number of aliphatic hydroxyl groups excluding tert-OH is 1. The number of ether oxygens (including phenoxy) is 2. The zero-order valence-corrected chi connectivity index (χ0v) is 24.1. The number of nitrogens with one attached hydrogen (secondary N) is 1. The predicted octanol–water partition coefficient (Wildman–Crippen LogP) is 4.56. The molecule has 3 rings (SSSR count). The van der Waals surface area contributed by atoms with Crippen LogP contribution in [0.3, 0.4) is 0 Å². The van der Waals surface area contributed by atoms with Gasteiger partial charge < -0.3 is 29.7 Å². The first kappa shape index (κ1) is 30.4. The van der Waals surface area contributed by atoms with Gasteiger partial charge in [0.1, 0.15) is 5.75 Å². The molecule has 1 aromatic rings. The second kappa shape index (κ2) is 14.8. The van der Waals surface area contributed by atoms with E-state index in [4.69, 9.17) is 9.47 Å². The Hall–Kier alpha value is -2.16. The highest BCUT2D eigenvalue weighted by Crippen LogP contribution is 2.30. The third kappa shape index (κ3) is 8.68. The van der Waals surface area contributed by atoms with Gasteiger partial charge in [-0.2, -0.15) is 0 Å². The maximum Gasteiger partial charge on any atom is 0.258 e. The molecule has 8 nitrogen and oxygen atoms in total. The van der Waals surface area contributed by atoms with Crippen LogP contribution >= 0.6 is 0 Å². The van der Waals surface area contributed by atoms with Crippen LogP contribution in [0.1, 0.15) is 82.5 Å². The molecule has 2 aliphatic rings. The summed E-state index contributed by atoms with van der Waals surface area (Å²) in [5.41, 5.74) is 1.01. The van der Waals surface area contributed by atoms with Crippen LogP contribution < -0.4 is 10.1 Å². The Balaban J connectivity index is 1.94. The molecule has 1 heterocycles. The van der Waals surface area contributed by atoms with Crippen molar-refractivity contribution in [2.24, 2.45) is 11.8 Å². The lowest BCUT2D eigenvalue weighted by atomic mass is 9.88. The smallest absolute Gasteiger partial charge is 0.258 e. The maximum atomic E-state index is 14.1. The highest BCUT2D eigenvalue weighted by molar-refractivity contribution is 6.00. The maximum absolute atomic E-state index is 14.1. The number of hydrogen-bond acceptors (Lipinski definition) is 6. The molecule has 1 saturated carbocycles. The average Bonchev–Trinajstić information content (AvgIpc) is 2.90. The second-order valence-electron chi connectivity index (χ2n) is 11.6. The number of aliphatic hydroxyl groups is 1. The van der Waals surface area contributed by atoms with E-state index in [0.717, 1.165) is 51.5 Å². The van der Waals surface area contributed by atoms with Crippen molar-refractivity contribution < 1.29 is 24.2 Å². The van der Waals surface area contributed by atoms with Crippen molar-refractivity contribution in [1.29, 1.82) is 0 Å². The van der Waals surface area contributed by atoms with Gasteiger partial charge in [0.15, 0.2) is 0 Å². The van der Waals surface area contributed by atoms with Crippen LogP contribution in [0.4, 0.5) is 5.69 Å². The van der Waals surface area contributed by atoms with E-state index in [1.165, 1.54) is 6.42 Å². The van der Waals surface area contributed by atoms with E-state index in [0.29, 0.717) is 30.2 Å². The first-order valence-electron chi connectivity index (χ1n) is 14.5. The normalized spacial score (nSPS) is 25.3. The van der Waals surface area contributed by atoms with Gasteiger partial charge in [0.05, 0.1) is 30.4 Å². The third-order valence-corrected chi connectivity index (χ3v) is 7.84. The minimum atomic E-state index is -0.386. The first-order chi connectivity index (χ1) is 18.2. The molecule has 8 heteroatoms. The van der Waals surface area contributed by atoms with Crippen LogP contribution in [-0.4, -0.2) is 85.4 Å². The van der Waals surface area contributed by atoms with Crippen LogP contribution in [0.25, 0.3) is 0 Å². The van der Waals surface area contributed by atoms with Crippen LogP contribution in [0.5, 0.6) is 5.75 Å². The van der Waals surface area contributed by atoms with Gasteiger partial charge in [-0.15, -0.1) is 0 Å². The number of anilines is 1. The number of carbonyl (C=O) groups is 2. The monoisotopic (exact) mass is 531 g/mol. The third-order valence-electron chi connectivity index (χ3n) is 7.84. The molecule has 0 bridgehead atoms. The fourth-order valence-electron chi connectivity index (χ4n) is 5.43. The largest absolute Gasteiger partial charge is 0.490 e. The Morgan fingerprint density at radius 1 is 1.13 bits per heavy atom. The molecule has 214 valence electrons. The fourth-order valence-corrected chi connectivity index (χ4v) is 5.43. The van der Waals surface area contributed by atoms with Crippen molar-refractivity contribution in [1.82, 2.24) is 9.80 Å². The SMILES string of the molecule is C[C@@H]1CCCCO[C@@H](CN(C)C)[C@@H](C)CN([C@H](C)CO)C(=O)c2cc(NC(=O)C3CCCCC3)ccc2O1. The molecule has 0 spiro atoms. The van der Waals surface area contributed by atoms with Crippen molar-refractivity contribution in [3.63, 3.8) is 0 Å². The molecule has 1 fully saturated rings. The number of hydrogen-bond donors (Lipinski definition) is 2. The van der Waals surface area contributed by atoms with Gasteiger partial charge in [0.2, 0.25) is 5.91 Å². The summed E-state index contributed by atoms with van der Waals surface area (Å²) in [5, 5.41) is 13.1. The van der Waals surface area contributed by atoms with Crippen molar-refractivity contribution in [2.75, 3.05) is 45.7 Å². The molecular weight excluding hydrogens is 482 g/mol. The average molecular weight is 532 g/mol. The summed E-state index contributed by atoms with van der Waals surface area (Å²) in [6.45, 7) is 7.68. The minimum Gasteiger partial charge on any atom is -0.490 e. The second-order valence-corrected chi connectivity index (χ2v) is 11.6. The molecule has 4 atom stereocenters. The van der Waals surface area contributed by atoms with E-state index in [-0.39, 0.29) is 48.5 Å². The Morgan fingerprint density at radius 2 is 1.84 bits per heavy atom. The predicted molar refractivity (Wildman–Crippen MR) is 151 cm³/mol. The van der Waals surface area contributed by atoms with Crippen molar-refractivity contribution >= 4 is 17.5 Å². The number of amides is 2. The van der Waals surface area contributed by atoms with Gasteiger partial charge >= 0.3 is 0 Å². The van der Waals surface area contributed by atoms with Gasteiger partial charge in [-0.05, 0) is 78.2 Å². The van der Waals surface area contributed by atoms with Gasteiger partial charge in [0, 0.05) is 37.2 Å². The number of fused-ring (bicyclic) bond motifs is 1. The van der Waals surface area contributed by atoms with Crippen molar-refractivity contribution in [3.05, 3.63) is 23.8 Å². The van der Waals surface area contributed by atoms with E-state index >= 15 is 0 Å². The summed E-state index contributed by atoms with van der Waals surface area (Å²) in [7, 11) is 4.05. The Kier molecular flexibility index (Phi) is 11.9. The molecule has 1 aromatic carbocycles. The Morgan fingerprint density at radius 3 is 2.53 bits per heavy atom. The Labute approximate surface area is 229 Å². The highest BCUT2D eigenvalue weighted by atomic mass is 16.5. The van der Waals surface area contributed by atoms with Crippen LogP contribution in [0, 0.1) is 11.8 Å². The summed E-state index contributed by atoms with van der Waals surface area (Å²) in [4.78, 5) is 30.9. The minimum absolute atomic E-state index is 0.0183. The topological polar surface area (TPSA) is 91.3 Å². The summed E-state index contributed by atoms with van der Waals surface area (Å²) >= 11 is 0. The summed E-state index contributed by atoms with van der Waals surface area (Å²) < 4.78 is 12.6. The number of nitrogens with zero attached hydrogens (tertiary/aromatic N) is 2. The van der Waals surface area contributed by atoms with E-state index in [1.54, 1.807) is 17.0 Å². The molecule has 0 unspecified atom stereocenters. The van der Waals surface area contributed by atoms with Gasteiger partial charge in [-0.25, -0.2) is 0 Å². The van der Waals surface area contributed by atoms with E-state index in [9.17, 15) is 14.7 Å². The Bertz CT molecular complexity index is 902. The van der Waals surface area contributed by atoms with Gasteiger partial charge in [-0.3, -0.25) is 9.59 Å². The number of carbonyl (C=O) groups excluding carboxylic acids is 2. The molecule has 0 radical (unpaired) electrons. The van der Waals surface area contributed by atoms with Crippen molar-refractivity contribution in [3.8, 4) is 5.75 Å². The number of rotatable bonds is 6. The summed E-state index contributed by atoms with van der Waals surface area (Å²) in [5.74, 6) is 0.389. The highest BCUT2D eigenvalue weighted by Gasteiger charge is 2.30. The molecule has 2 N–H and O–H groups in total. The summed E-state index contributed by atoms with van der Waals surface area (Å²) in [6.07, 6.45) is 7.81. The van der Waals surface area contributed by atoms with E-state index in [1.807, 2.05) is 34.0 Å². The lowest BCUT2D eigenvalue weighted by Crippen LogP contribution is -2.47. The molecular formula is C30H49N3O5. The van der Waals surface area contributed by atoms with E-state index < -0.39 is 0 Å². The lowest BCUT2D eigenvalue weighted by Gasteiger charge is -2.35. The zero-order valence-electron chi connectivity index (χ0n) is 24.1. The number of likely N-dealkylation sites (N-methyl/N-ethyl adjacent to an activating group) is 1. The molecule has 1 aliphatic heterocycles.